The second-order valence-corrected chi connectivity index (χ2v) is 7.91. The first-order chi connectivity index (χ1) is 14.5. The van der Waals surface area contributed by atoms with Crippen molar-refractivity contribution in [3.63, 3.8) is 0 Å². The van der Waals surface area contributed by atoms with Gasteiger partial charge in [-0.2, -0.15) is 0 Å². The Kier molecular flexibility index (Phi) is 5.84. The van der Waals surface area contributed by atoms with E-state index in [1.807, 2.05) is 55.5 Å². The maximum Gasteiger partial charge on any atom is 0.309 e. The van der Waals surface area contributed by atoms with Gasteiger partial charge >= 0.3 is 5.97 Å². The third-order valence-electron chi connectivity index (χ3n) is 6.02. The molecule has 30 heavy (non-hydrogen) atoms. The lowest BCUT2D eigenvalue weighted by atomic mass is 9.96. The molecule has 1 fully saturated rings. The number of piperidine rings is 1. The van der Waals surface area contributed by atoms with Crippen molar-refractivity contribution in [2.75, 3.05) is 31.1 Å². The molecule has 2 aliphatic heterocycles. The summed E-state index contributed by atoms with van der Waals surface area (Å²) in [4.78, 5) is 41.2. The van der Waals surface area contributed by atoms with Crippen LogP contribution in [-0.2, 0) is 20.7 Å². The molecule has 1 saturated heterocycles. The van der Waals surface area contributed by atoms with E-state index in [0.29, 0.717) is 38.0 Å². The molecular formula is C24H26N2O4. The molecule has 0 atom stereocenters. The van der Waals surface area contributed by atoms with Crippen molar-refractivity contribution in [1.29, 1.82) is 0 Å². The number of ether oxygens (including phenoxy) is 1. The maximum atomic E-state index is 12.7. The predicted molar refractivity (Wildman–Crippen MR) is 113 cm³/mol. The van der Waals surface area contributed by atoms with Gasteiger partial charge in [0, 0.05) is 30.9 Å². The SMILES string of the molecule is Cc1ccccc1C(=O)N1CCC(C(=O)OCC(=O)N2CCc3ccccc32)CC1. The Morgan fingerprint density at radius 1 is 0.967 bits per heavy atom. The quantitative estimate of drug-likeness (QED) is 0.732. The smallest absolute Gasteiger partial charge is 0.309 e. The summed E-state index contributed by atoms with van der Waals surface area (Å²) >= 11 is 0. The Morgan fingerprint density at radius 2 is 1.67 bits per heavy atom. The van der Waals surface area contributed by atoms with Crippen LogP contribution in [0.3, 0.4) is 0 Å². The molecule has 0 saturated carbocycles. The fourth-order valence-corrected chi connectivity index (χ4v) is 4.23. The van der Waals surface area contributed by atoms with E-state index in [-0.39, 0.29) is 30.3 Å². The normalized spacial score (nSPS) is 16.3. The molecule has 0 spiro atoms. The minimum Gasteiger partial charge on any atom is -0.455 e. The molecule has 0 bridgehead atoms. The van der Waals surface area contributed by atoms with Gasteiger partial charge in [0.25, 0.3) is 11.8 Å². The van der Waals surface area contributed by atoms with Crippen LogP contribution in [0.25, 0.3) is 0 Å². The monoisotopic (exact) mass is 406 g/mol. The number of anilines is 1. The molecule has 0 radical (unpaired) electrons. The third-order valence-corrected chi connectivity index (χ3v) is 6.02. The highest BCUT2D eigenvalue weighted by atomic mass is 16.5. The Bertz CT molecular complexity index is 963. The number of amides is 2. The molecule has 2 amide bonds. The summed E-state index contributed by atoms with van der Waals surface area (Å²) in [6.07, 6.45) is 1.93. The zero-order valence-electron chi connectivity index (χ0n) is 17.2. The fourth-order valence-electron chi connectivity index (χ4n) is 4.23. The van der Waals surface area contributed by atoms with Crippen LogP contribution in [0, 0.1) is 12.8 Å². The van der Waals surface area contributed by atoms with Crippen molar-refractivity contribution in [3.8, 4) is 0 Å². The lowest BCUT2D eigenvalue weighted by molar-refractivity contribution is -0.153. The van der Waals surface area contributed by atoms with Crippen LogP contribution in [0.2, 0.25) is 0 Å². The van der Waals surface area contributed by atoms with Gasteiger partial charge in [-0.15, -0.1) is 0 Å². The predicted octanol–water partition coefficient (Wildman–Crippen LogP) is 2.98. The summed E-state index contributed by atoms with van der Waals surface area (Å²) in [7, 11) is 0. The number of esters is 1. The first kappa shape index (κ1) is 20.1. The number of benzene rings is 2. The van der Waals surface area contributed by atoms with Crippen LogP contribution in [0.15, 0.2) is 48.5 Å². The maximum absolute atomic E-state index is 12.7. The molecule has 0 unspecified atom stereocenters. The number of aryl methyl sites for hydroxylation is 1. The molecule has 156 valence electrons. The van der Waals surface area contributed by atoms with E-state index in [0.717, 1.165) is 23.2 Å². The van der Waals surface area contributed by atoms with Crippen LogP contribution in [0.4, 0.5) is 5.69 Å². The fraction of sp³-hybridized carbons (Fsp3) is 0.375. The Hall–Kier alpha value is -3.15. The lowest BCUT2D eigenvalue weighted by Crippen LogP contribution is -2.41. The summed E-state index contributed by atoms with van der Waals surface area (Å²) < 4.78 is 5.34. The minimum absolute atomic E-state index is 0.00259. The molecule has 2 aromatic carbocycles. The zero-order chi connectivity index (χ0) is 21.1. The van der Waals surface area contributed by atoms with Gasteiger partial charge in [0.1, 0.15) is 0 Å². The van der Waals surface area contributed by atoms with Gasteiger partial charge in [-0.3, -0.25) is 14.4 Å². The van der Waals surface area contributed by atoms with E-state index < -0.39 is 0 Å². The highest BCUT2D eigenvalue weighted by molar-refractivity contribution is 5.97. The molecule has 0 aromatic heterocycles. The van der Waals surface area contributed by atoms with E-state index in [2.05, 4.69) is 0 Å². The van der Waals surface area contributed by atoms with Crippen LogP contribution < -0.4 is 4.90 Å². The number of carbonyl (C=O) groups is 3. The number of hydrogen-bond donors (Lipinski definition) is 0. The number of para-hydroxylation sites is 1. The number of carbonyl (C=O) groups excluding carboxylic acids is 3. The highest BCUT2D eigenvalue weighted by Crippen LogP contribution is 2.27. The van der Waals surface area contributed by atoms with Crippen LogP contribution in [0.1, 0.15) is 34.3 Å². The highest BCUT2D eigenvalue weighted by Gasteiger charge is 2.30. The Balaban J connectivity index is 1.26. The van der Waals surface area contributed by atoms with Gasteiger partial charge < -0.3 is 14.5 Å². The van der Waals surface area contributed by atoms with Crippen molar-refractivity contribution < 1.29 is 19.1 Å². The second kappa shape index (κ2) is 8.69. The van der Waals surface area contributed by atoms with Gasteiger partial charge in [-0.25, -0.2) is 0 Å². The number of fused-ring (bicyclic) bond motifs is 1. The van der Waals surface area contributed by atoms with Crippen LogP contribution in [-0.4, -0.2) is 48.9 Å². The lowest BCUT2D eigenvalue weighted by Gasteiger charge is -2.31. The van der Waals surface area contributed by atoms with Gasteiger partial charge in [-0.1, -0.05) is 36.4 Å². The Morgan fingerprint density at radius 3 is 2.43 bits per heavy atom. The summed E-state index contributed by atoms with van der Waals surface area (Å²) in [6.45, 7) is 3.33. The van der Waals surface area contributed by atoms with Gasteiger partial charge in [-0.05, 0) is 49.4 Å². The molecule has 4 rings (SSSR count). The van der Waals surface area contributed by atoms with Crippen molar-refractivity contribution in [3.05, 3.63) is 65.2 Å². The summed E-state index contributed by atoms with van der Waals surface area (Å²) in [5.41, 5.74) is 3.70. The third kappa shape index (κ3) is 4.08. The largest absolute Gasteiger partial charge is 0.455 e. The molecule has 2 heterocycles. The molecule has 6 nitrogen and oxygen atoms in total. The summed E-state index contributed by atoms with van der Waals surface area (Å²) in [5.74, 6) is -0.813. The van der Waals surface area contributed by atoms with E-state index in [1.165, 1.54) is 0 Å². The number of nitrogens with zero attached hydrogens (tertiary/aromatic N) is 2. The zero-order valence-corrected chi connectivity index (χ0v) is 17.2. The van der Waals surface area contributed by atoms with E-state index in [4.69, 9.17) is 4.74 Å². The second-order valence-electron chi connectivity index (χ2n) is 7.91. The molecule has 2 aromatic rings. The van der Waals surface area contributed by atoms with E-state index in [9.17, 15) is 14.4 Å². The van der Waals surface area contributed by atoms with E-state index in [1.54, 1.807) is 9.80 Å². The summed E-state index contributed by atoms with van der Waals surface area (Å²) in [6, 6.07) is 15.3. The van der Waals surface area contributed by atoms with Crippen LogP contribution >= 0.6 is 0 Å². The average Bonchev–Trinajstić information content (AvgIpc) is 3.21. The van der Waals surface area contributed by atoms with Crippen molar-refractivity contribution in [1.82, 2.24) is 4.90 Å². The first-order valence-electron chi connectivity index (χ1n) is 10.4. The van der Waals surface area contributed by atoms with Crippen molar-refractivity contribution in [2.24, 2.45) is 5.92 Å². The molecule has 0 aliphatic carbocycles. The van der Waals surface area contributed by atoms with Crippen LogP contribution in [0.5, 0.6) is 0 Å². The van der Waals surface area contributed by atoms with Gasteiger partial charge in [0.15, 0.2) is 6.61 Å². The minimum atomic E-state index is -0.348. The Labute approximate surface area is 176 Å². The number of likely N-dealkylation sites (tertiary alicyclic amines) is 1. The molecular weight excluding hydrogens is 380 g/mol. The van der Waals surface area contributed by atoms with Gasteiger partial charge in [0.05, 0.1) is 5.92 Å². The van der Waals surface area contributed by atoms with Crippen molar-refractivity contribution >= 4 is 23.5 Å². The number of rotatable bonds is 4. The molecule has 0 N–H and O–H groups in total. The first-order valence-corrected chi connectivity index (χ1v) is 10.4. The summed E-state index contributed by atoms with van der Waals surface area (Å²) in [5, 5.41) is 0. The van der Waals surface area contributed by atoms with Gasteiger partial charge in [0.2, 0.25) is 0 Å². The standard InChI is InChI=1S/C24H26N2O4/c1-17-6-2-4-8-20(17)23(28)25-13-10-19(11-14-25)24(29)30-16-22(27)26-15-12-18-7-3-5-9-21(18)26/h2-9,19H,10-16H2,1H3. The molecule has 6 heteroatoms. The topological polar surface area (TPSA) is 66.9 Å². The average molecular weight is 406 g/mol. The van der Waals surface area contributed by atoms with Crippen molar-refractivity contribution in [2.45, 2.75) is 26.2 Å². The number of hydrogen-bond acceptors (Lipinski definition) is 4. The van der Waals surface area contributed by atoms with E-state index >= 15 is 0 Å². The molecule has 2 aliphatic rings.